The highest BCUT2D eigenvalue weighted by atomic mass is 16.2. The number of carbonyl (C=O) groups is 1. The number of benzene rings is 2. The van der Waals surface area contributed by atoms with Gasteiger partial charge in [0.2, 0.25) is 0 Å². The molecule has 126 valence electrons. The van der Waals surface area contributed by atoms with Crippen LogP contribution in [0.2, 0.25) is 0 Å². The third-order valence-corrected chi connectivity index (χ3v) is 5.65. The van der Waals surface area contributed by atoms with Crippen LogP contribution in [0.1, 0.15) is 38.2 Å². The van der Waals surface area contributed by atoms with Crippen LogP contribution in [-0.2, 0) is 6.42 Å². The lowest BCUT2D eigenvalue weighted by Gasteiger charge is -2.27. The lowest BCUT2D eigenvalue weighted by molar-refractivity contribution is 0.188. The third-order valence-electron chi connectivity index (χ3n) is 5.65. The van der Waals surface area contributed by atoms with E-state index >= 15 is 0 Å². The van der Waals surface area contributed by atoms with Crippen LogP contribution in [-0.4, -0.2) is 29.6 Å². The maximum absolute atomic E-state index is 12.7. The highest BCUT2D eigenvalue weighted by molar-refractivity contribution is 5.85. The lowest BCUT2D eigenvalue weighted by atomic mass is 9.98. The number of likely N-dealkylation sites (tertiary alicyclic amines) is 1. The SMILES string of the molecule is CC(NC(=O)N1CCCC1Cc1cccc2ccccc12)C1CC1. The van der Waals surface area contributed by atoms with Gasteiger partial charge in [-0.1, -0.05) is 42.5 Å². The van der Waals surface area contributed by atoms with Crippen LogP contribution < -0.4 is 5.32 Å². The molecule has 1 saturated heterocycles. The standard InChI is InChI=1S/C21H26N2O/c1-15(16-11-12-16)22-21(24)23-13-5-9-19(23)14-18-8-4-7-17-6-2-3-10-20(17)18/h2-4,6-8,10,15-16,19H,5,9,11-14H2,1H3,(H,22,24). The monoisotopic (exact) mass is 322 g/mol. The number of carbonyl (C=O) groups excluding carboxylic acids is 1. The quantitative estimate of drug-likeness (QED) is 0.891. The van der Waals surface area contributed by atoms with Gasteiger partial charge in [-0.2, -0.15) is 0 Å². The second kappa shape index (κ2) is 6.46. The maximum Gasteiger partial charge on any atom is 0.317 e. The van der Waals surface area contributed by atoms with Gasteiger partial charge in [-0.15, -0.1) is 0 Å². The van der Waals surface area contributed by atoms with Gasteiger partial charge in [0.1, 0.15) is 0 Å². The topological polar surface area (TPSA) is 32.3 Å². The molecule has 4 rings (SSSR count). The molecule has 2 unspecified atom stereocenters. The lowest BCUT2D eigenvalue weighted by Crippen LogP contribution is -2.47. The molecule has 1 aliphatic heterocycles. The zero-order valence-corrected chi connectivity index (χ0v) is 14.4. The number of amides is 2. The van der Waals surface area contributed by atoms with Gasteiger partial charge < -0.3 is 10.2 Å². The van der Waals surface area contributed by atoms with Gasteiger partial charge in [0.05, 0.1) is 0 Å². The number of urea groups is 1. The first-order valence-corrected chi connectivity index (χ1v) is 9.26. The minimum absolute atomic E-state index is 0.136. The van der Waals surface area contributed by atoms with Crippen molar-refractivity contribution < 1.29 is 4.79 Å². The van der Waals surface area contributed by atoms with Crippen LogP contribution in [0, 0.1) is 5.92 Å². The summed E-state index contributed by atoms with van der Waals surface area (Å²) in [7, 11) is 0. The fourth-order valence-electron chi connectivity index (χ4n) is 4.03. The number of nitrogens with one attached hydrogen (secondary N) is 1. The van der Waals surface area contributed by atoms with Crippen molar-refractivity contribution in [2.24, 2.45) is 5.92 Å². The van der Waals surface area contributed by atoms with E-state index in [-0.39, 0.29) is 6.03 Å². The molecule has 1 aliphatic carbocycles. The molecule has 0 bridgehead atoms. The van der Waals surface area contributed by atoms with Gasteiger partial charge >= 0.3 is 6.03 Å². The number of fused-ring (bicyclic) bond motifs is 1. The Kier molecular flexibility index (Phi) is 4.17. The number of rotatable bonds is 4. The van der Waals surface area contributed by atoms with E-state index in [1.54, 1.807) is 0 Å². The molecule has 1 N–H and O–H groups in total. The van der Waals surface area contributed by atoms with Crippen LogP contribution in [0.3, 0.4) is 0 Å². The molecule has 0 radical (unpaired) electrons. The Balaban J connectivity index is 1.49. The Morgan fingerprint density at radius 3 is 2.79 bits per heavy atom. The third kappa shape index (κ3) is 3.12. The van der Waals surface area contributed by atoms with E-state index < -0.39 is 0 Å². The smallest absolute Gasteiger partial charge is 0.317 e. The molecule has 2 aliphatic rings. The summed E-state index contributed by atoms with van der Waals surface area (Å²) in [6, 6.07) is 15.8. The predicted octanol–water partition coefficient (Wildman–Crippen LogP) is 4.35. The summed E-state index contributed by atoms with van der Waals surface area (Å²) in [5.41, 5.74) is 1.35. The highest BCUT2D eigenvalue weighted by Gasteiger charge is 2.33. The molecule has 2 atom stereocenters. The van der Waals surface area contributed by atoms with Crippen molar-refractivity contribution in [3.8, 4) is 0 Å². The van der Waals surface area contributed by atoms with Crippen LogP contribution in [0.5, 0.6) is 0 Å². The molecular weight excluding hydrogens is 296 g/mol. The summed E-state index contributed by atoms with van der Waals surface area (Å²) in [5, 5.41) is 5.83. The largest absolute Gasteiger partial charge is 0.335 e. The summed E-state index contributed by atoms with van der Waals surface area (Å²) in [6.45, 7) is 3.03. The minimum atomic E-state index is 0.136. The van der Waals surface area contributed by atoms with Gasteiger partial charge in [-0.3, -0.25) is 0 Å². The van der Waals surface area contributed by atoms with E-state index in [2.05, 4.69) is 59.6 Å². The van der Waals surface area contributed by atoms with E-state index in [4.69, 9.17) is 0 Å². The summed E-state index contributed by atoms with van der Waals surface area (Å²) in [4.78, 5) is 14.7. The molecule has 2 amide bonds. The molecule has 1 heterocycles. The first-order chi connectivity index (χ1) is 11.7. The molecule has 0 aromatic heterocycles. The van der Waals surface area contributed by atoms with E-state index in [0.717, 1.165) is 25.8 Å². The molecule has 2 fully saturated rings. The summed E-state index contributed by atoms with van der Waals surface area (Å²) >= 11 is 0. The molecule has 3 heteroatoms. The van der Waals surface area contributed by atoms with Crippen molar-refractivity contribution in [1.29, 1.82) is 0 Å². The van der Waals surface area contributed by atoms with Gasteiger partial charge in [-0.25, -0.2) is 4.79 Å². The van der Waals surface area contributed by atoms with Crippen molar-refractivity contribution in [1.82, 2.24) is 10.2 Å². The minimum Gasteiger partial charge on any atom is -0.335 e. The first kappa shape index (κ1) is 15.5. The van der Waals surface area contributed by atoms with Crippen molar-refractivity contribution in [2.75, 3.05) is 6.54 Å². The van der Waals surface area contributed by atoms with Gasteiger partial charge in [-0.05, 0) is 61.3 Å². The highest BCUT2D eigenvalue weighted by Crippen LogP contribution is 2.33. The van der Waals surface area contributed by atoms with E-state index in [0.29, 0.717) is 18.0 Å². The summed E-state index contributed by atoms with van der Waals surface area (Å²) in [6.07, 6.45) is 5.70. The van der Waals surface area contributed by atoms with Crippen LogP contribution >= 0.6 is 0 Å². The number of nitrogens with zero attached hydrogens (tertiary/aromatic N) is 1. The van der Waals surface area contributed by atoms with Gasteiger partial charge in [0.15, 0.2) is 0 Å². The molecule has 2 aromatic carbocycles. The van der Waals surface area contributed by atoms with Gasteiger partial charge in [0, 0.05) is 18.6 Å². The second-order valence-electron chi connectivity index (χ2n) is 7.41. The van der Waals surface area contributed by atoms with E-state index in [9.17, 15) is 4.79 Å². The second-order valence-corrected chi connectivity index (χ2v) is 7.41. The molecule has 2 aromatic rings. The zero-order valence-electron chi connectivity index (χ0n) is 14.4. The Morgan fingerprint density at radius 1 is 1.17 bits per heavy atom. The Bertz CT molecular complexity index is 732. The Morgan fingerprint density at radius 2 is 1.96 bits per heavy atom. The molecule has 3 nitrogen and oxygen atoms in total. The van der Waals surface area contributed by atoms with Crippen LogP contribution in [0.4, 0.5) is 4.79 Å². The zero-order chi connectivity index (χ0) is 16.5. The predicted molar refractivity (Wildman–Crippen MR) is 98.1 cm³/mol. The van der Waals surface area contributed by atoms with E-state index in [1.165, 1.54) is 29.2 Å². The fraction of sp³-hybridized carbons (Fsp3) is 0.476. The Labute approximate surface area is 144 Å². The fourth-order valence-corrected chi connectivity index (χ4v) is 4.03. The normalized spacial score (nSPS) is 21.9. The Hall–Kier alpha value is -2.03. The number of hydrogen-bond acceptors (Lipinski definition) is 1. The average molecular weight is 322 g/mol. The molecular formula is C21H26N2O. The van der Waals surface area contributed by atoms with E-state index in [1.807, 2.05) is 0 Å². The van der Waals surface area contributed by atoms with Crippen molar-refractivity contribution in [3.63, 3.8) is 0 Å². The van der Waals surface area contributed by atoms with Crippen molar-refractivity contribution in [2.45, 2.75) is 51.1 Å². The molecule has 1 saturated carbocycles. The van der Waals surface area contributed by atoms with Crippen molar-refractivity contribution in [3.05, 3.63) is 48.0 Å². The molecule has 24 heavy (non-hydrogen) atoms. The molecule has 0 spiro atoms. The summed E-state index contributed by atoms with van der Waals surface area (Å²) in [5.74, 6) is 0.702. The number of hydrogen-bond donors (Lipinski definition) is 1. The average Bonchev–Trinajstić information content (AvgIpc) is 3.35. The van der Waals surface area contributed by atoms with Crippen molar-refractivity contribution >= 4 is 16.8 Å². The first-order valence-electron chi connectivity index (χ1n) is 9.26. The summed E-state index contributed by atoms with van der Waals surface area (Å²) < 4.78 is 0. The maximum atomic E-state index is 12.7. The van der Waals surface area contributed by atoms with Crippen LogP contribution in [0.15, 0.2) is 42.5 Å². The van der Waals surface area contributed by atoms with Crippen LogP contribution in [0.25, 0.3) is 10.8 Å². The van der Waals surface area contributed by atoms with Gasteiger partial charge in [0.25, 0.3) is 0 Å².